The molecule has 1 atom stereocenters. The number of carbonyl (C=O) groups is 1. The molecular weight excluding hydrogens is 289 g/mol. The number of hydrogen-bond donors (Lipinski definition) is 1. The summed E-state index contributed by atoms with van der Waals surface area (Å²) in [6.07, 6.45) is 0.572. The number of rotatable bonds is 4. The number of nitrogens with zero attached hydrogens (tertiary/aromatic N) is 1. The van der Waals surface area contributed by atoms with Crippen molar-refractivity contribution in [1.82, 2.24) is 4.31 Å². The van der Waals surface area contributed by atoms with E-state index in [4.69, 9.17) is 9.84 Å². The van der Waals surface area contributed by atoms with Crippen LogP contribution in [0.3, 0.4) is 0 Å². The van der Waals surface area contributed by atoms with Crippen LogP contribution in [-0.4, -0.2) is 50.1 Å². The van der Waals surface area contributed by atoms with Crippen molar-refractivity contribution in [2.45, 2.75) is 17.4 Å². The molecule has 1 unspecified atom stereocenters. The van der Waals surface area contributed by atoms with Gasteiger partial charge in [-0.25, -0.2) is 17.6 Å². The fraction of sp³-hybridized carbons (Fsp3) is 0.417. The Kier molecular flexibility index (Phi) is 4.07. The lowest BCUT2D eigenvalue weighted by Crippen LogP contribution is -2.37. The van der Waals surface area contributed by atoms with Gasteiger partial charge in [0.1, 0.15) is 5.82 Å². The van der Waals surface area contributed by atoms with Crippen LogP contribution in [0.2, 0.25) is 0 Å². The van der Waals surface area contributed by atoms with Gasteiger partial charge in [0.2, 0.25) is 10.0 Å². The molecule has 1 heterocycles. The highest BCUT2D eigenvalue weighted by molar-refractivity contribution is 7.89. The number of ether oxygens (including phenoxy) is 1. The lowest BCUT2D eigenvalue weighted by Gasteiger charge is -2.22. The number of hydrogen-bond acceptors (Lipinski definition) is 4. The van der Waals surface area contributed by atoms with E-state index in [9.17, 15) is 17.6 Å². The average molecular weight is 303 g/mol. The SMILES string of the molecule is CN(C1CCOC1)S(=O)(=O)c1ccc(F)c(C(=O)O)c1. The Morgan fingerprint density at radius 2 is 2.20 bits per heavy atom. The molecule has 20 heavy (non-hydrogen) atoms. The molecular formula is C12H14FNO5S. The highest BCUT2D eigenvalue weighted by atomic mass is 32.2. The number of sulfonamides is 1. The first-order valence-electron chi connectivity index (χ1n) is 5.92. The zero-order chi connectivity index (χ0) is 14.9. The Bertz CT molecular complexity index is 625. The van der Waals surface area contributed by atoms with Gasteiger partial charge in [0.05, 0.1) is 23.1 Å². The lowest BCUT2D eigenvalue weighted by molar-refractivity contribution is 0.0691. The first kappa shape index (κ1) is 14.9. The minimum absolute atomic E-state index is 0.245. The van der Waals surface area contributed by atoms with Gasteiger partial charge in [-0.15, -0.1) is 0 Å². The molecule has 0 radical (unpaired) electrons. The molecule has 1 N–H and O–H groups in total. The lowest BCUT2D eigenvalue weighted by atomic mass is 10.2. The van der Waals surface area contributed by atoms with Crippen LogP contribution in [0.1, 0.15) is 16.8 Å². The van der Waals surface area contributed by atoms with Crippen molar-refractivity contribution in [3.63, 3.8) is 0 Å². The van der Waals surface area contributed by atoms with Crippen molar-refractivity contribution < 1.29 is 27.4 Å². The maximum Gasteiger partial charge on any atom is 0.338 e. The van der Waals surface area contributed by atoms with Crippen molar-refractivity contribution in [3.05, 3.63) is 29.6 Å². The summed E-state index contributed by atoms with van der Waals surface area (Å²) < 4.78 is 44.3. The predicted octanol–water partition coefficient (Wildman–Crippen LogP) is 0.933. The van der Waals surface area contributed by atoms with Gasteiger partial charge < -0.3 is 9.84 Å². The zero-order valence-corrected chi connectivity index (χ0v) is 11.6. The molecule has 1 aromatic rings. The van der Waals surface area contributed by atoms with E-state index in [-0.39, 0.29) is 10.9 Å². The van der Waals surface area contributed by atoms with Crippen LogP contribution in [0.15, 0.2) is 23.1 Å². The molecule has 1 saturated heterocycles. The smallest absolute Gasteiger partial charge is 0.338 e. The third-order valence-electron chi connectivity index (χ3n) is 3.27. The van der Waals surface area contributed by atoms with E-state index in [2.05, 4.69) is 0 Å². The van der Waals surface area contributed by atoms with Crippen LogP contribution in [0, 0.1) is 5.82 Å². The fourth-order valence-corrected chi connectivity index (χ4v) is 3.40. The summed E-state index contributed by atoms with van der Waals surface area (Å²) >= 11 is 0. The molecule has 1 aliphatic rings. The first-order valence-corrected chi connectivity index (χ1v) is 7.36. The van der Waals surface area contributed by atoms with E-state index in [1.165, 1.54) is 7.05 Å². The number of halogens is 1. The summed E-state index contributed by atoms with van der Waals surface area (Å²) in [5, 5.41) is 8.84. The summed E-state index contributed by atoms with van der Waals surface area (Å²) in [5.74, 6) is -2.48. The molecule has 8 heteroatoms. The van der Waals surface area contributed by atoms with Crippen molar-refractivity contribution in [3.8, 4) is 0 Å². The second-order valence-electron chi connectivity index (χ2n) is 4.49. The third kappa shape index (κ3) is 2.67. The van der Waals surface area contributed by atoms with Crippen LogP contribution < -0.4 is 0 Å². The quantitative estimate of drug-likeness (QED) is 0.894. The van der Waals surface area contributed by atoms with Gasteiger partial charge in [-0.2, -0.15) is 4.31 Å². The Balaban J connectivity index is 2.38. The van der Waals surface area contributed by atoms with E-state index in [1.54, 1.807) is 0 Å². The standard InChI is InChI=1S/C12H14FNO5S/c1-14(8-4-5-19-7-8)20(17,18)9-2-3-11(13)10(6-9)12(15)16/h2-3,6,8H,4-5,7H2,1H3,(H,15,16). The van der Waals surface area contributed by atoms with Gasteiger partial charge in [0.25, 0.3) is 0 Å². The molecule has 0 amide bonds. The molecule has 0 spiro atoms. The van der Waals surface area contributed by atoms with Crippen LogP contribution >= 0.6 is 0 Å². The minimum Gasteiger partial charge on any atom is -0.478 e. The number of aromatic carboxylic acids is 1. The molecule has 0 saturated carbocycles. The highest BCUT2D eigenvalue weighted by Gasteiger charge is 2.31. The third-order valence-corrected chi connectivity index (χ3v) is 5.17. The molecule has 2 rings (SSSR count). The maximum absolute atomic E-state index is 13.3. The zero-order valence-electron chi connectivity index (χ0n) is 10.7. The topological polar surface area (TPSA) is 83.9 Å². The molecule has 1 aliphatic heterocycles. The van der Waals surface area contributed by atoms with Gasteiger partial charge in [-0.3, -0.25) is 0 Å². The second kappa shape index (κ2) is 5.47. The van der Waals surface area contributed by atoms with Gasteiger partial charge in [0, 0.05) is 13.7 Å². The van der Waals surface area contributed by atoms with Gasteiger partial charge in [-0.1, -0.05) is 0 Å². The van der Waals surface area contributed by atoms with Crippen molar-refractivity contribution >= 4 is 16.0 Å². The van der Waals surface area contributed by atoms with Gasteiger partial charge in [0.15, 0.2) is 0 Å². The molecule has 1 aromatic carbocycles. The minimum atomic E-state index is -3.87. The molecule has 110 valence electrons. The van der Waals surface area contributed by atoms with Gasteiger partial charge in [-0.05, 0) is 24.6 Å². The van der Waals surface area contributed by atoms with Crippen LogP contribution in [-0.2, 0) is 14.8 Å². The van der Waals surface area contributed by atoms with Crippen molar-refractivity contribution in [2.24, 2.45) is 0 Å². The Morgan fingerprint density at radius 1 is 1.50 bits per heavy atom. The van der Waals surface area contributed by atoms with E-state index in [0.29, 0.717) is 19.6 Å². The van der Waals surface area contributed by atoms with Crippen LogP contribution in [0.4, 0.5) is 4.39 Å². The van der Waals surface area contributed by atoms with E-state index in [0.717, 1.165) is 22.5 Å². The molecule has 0 bridgehead atoms. The first-order chi connectivity index (χ1) is 9.34. The normalized spacial score (nSPS) is 19.4. The monoisotopic (exact) mass is 303 g/mol. The highest BCUT2D eigenvalue weighted by Crippen LogP contribution is 2.22. The van der Waals surface area contributed by atoms with Crippen LogP contribution in [0.25, 0.3) is 0 Å². The Hall–Kier alpha value is -1.51. The summed E-state index contributed by atoms with van der Waals surface area (Å²) in [6.45, 7) is 0.775. The van der Waals surface area contributed by atoms with Crippen LogP contribution in [0.5, 0.6) is 0 Å². The van der Waals surface area contributed by atoms with E-state index < -0.39 is 27.4 Å². The Labute approximate surface area is 115 Å². The summed E-state index contributed by atoms with van der Waals surface area (Å²) in [6, 6.07) is 2.44. The van der Waals surface area contributed by atoms with Crippen molar-refractivity contribution in [1.29, 1.82) is 0 Å². The fourth-order valence-electron chi connectivity index (χ4n) is 2.00. The molecule has 1 fully saturated rings. The summed E-state index contributed by atoms with van der Waals surface area (Å²) in [4.78, 5) is 10.6. The number of benzene rings is 1. The number of carboxylic acid groups (broad SMARTS) is 1. The maximum atomic E-state index is 13.3. The van der Waals surface area contributed by atoms with E-state index in [1.807, 2.05) is 0 Å². The summed E-state index contributed by atoms with van der Waals surface area (Å²) in [5.41, 5.74) is -0.665. The van der Waals surface area contributed by atoms with E-state index >= 15 is 0 Å². The number of likely N-dealkylation sites (N-methyl/N-ethyl adjacent to an activating group) is 1. The Morgan fingerprint density at radius 3 is 2.75 bits per heavy atom. The second-order valence-corrected chi connectivity index (χ2v) is 6.48. The predicted molar refractivity (Wildman–Crippen MR) is 67.5 cm³/mol. The molecule has 6 nitrogen and oxygen atoms in total. The van der Waals surface area contributed by atoms with Crippen molar-refractivity contribution in [2.75, 3.05) is 20.3 Å². The largest absolute Gasteiger partial charge is 0.478 e. The average Bonchev–Trinajstić information content (AvgIpc) is 2.91. The number of carboxylic acids is 1. The molecule has 0 aliphatic carbocycles. The summed E-state index contributed by atoms with van der Waals surface area (Å²) in [7, 11) is -2.47. The van der Waals surface area contributed by atoms with Gasteiger partial charge >= 0.3 is 5.97 Å². The molecule has 0 aromatic heterocycles.